The Morgan fingerprint density at radius 3 is 2.40 bits per heavy atom. The van der Waals surface area contributed by atoms with E-state index in [1.54, 1.807) is 6.21 Å². The maximum atomic E-state index is 5.68. The van der Waals surface area contributed by atoms with Gasteiger partial charge in [0.05, 0.1) is 5.70 Å². The van der Waals surface area contributed by atoms with E-state index < -0.39 is 0 Å². The van der Waals surface area contributed by atoms with Crippen molar-refractivity contribution in [2.45, 2.75) is 25.2 Å². The van der Waals surface area contributed by atoms with Gasteiger partial charge in [0.15, 0.2) is 6.29 Å². The molecule has 0 spiro atoms. The third-order valence-corrected chi connectivity index (χ3v) is 4.66. The minimum atomic E-state index is 0.0794. The van der Waals surface area contributed by atoms with Crippen LogP contribution in [0.4, 0.5) is 0 Å². The summed E-state index contributed by atoms with van der Waals surface area (Å²) in [6.07, 6.45) is 6.18. The van der Waals surface area contributed by atoms with Crippen molar-refractivity contribution >= 4 is 6.21 Å². The summed E-state index contributed by atoms with van der Waals surface area (Å²) in [5.74, 6) is 0. The molecule has 3 N–H and O–H groups in total. The first kappa shape index (κ1) is 13.9. The Morgan fingerprint density at radius 1 is 1.10 bits per heavy atom. The molecule has 0 aromatic rings. The van der Waals surface area contributed by atoms with E-state index in [9.17, 15) is 0 Å². The number of nitrogens with one attached hydrogen (secondary N) is 1. The Bertz CT molecular complexity index is 377. The van der Waals surface area contributed by atoms with Gasteiger partial charge in [-0.15, -0.1) is 0 Å². The van der Waals surface area contributed by atoms with E-state index in [-0.39, 0.29) is 6.29 Å². The lowest BCUT2D eigenvalue weighted by molar-refractivity contribution is 0.0517. The number of likely N-dealkylation sites (tertiary alicyclic amines) is 1. The molecule has 2 fully saturated rings. The average Bonchev–Trinajstić information content (AvgIpc) is 2.49. The van der Waals surface area contributed by atoms with Crippen molar-refractivity contribution in [2.75, 3.05) is 46.3 Å². The summed E-state index contributed by atoms with van der Waals surface area (Å²) in [5, 5.41) is 3.26. The minimum absolute atomic E-state index is 0.0794. The van der Waals surface area contributed by atoms with Crippen molar-refractivity contribution in [1.82, 2.24) is 20.0 Å². The number of allylic oxidation sites excluding steroid dienone is 1. The number of piperazine rings is 1. The van der Waals surface area contributed by atoms with Crippen LogP contribution in [0, 0.1) is 0 Å². The van der Waals surface area contributed by atoms with E-state index in [0.29, 0.717) is 5.70 Å². The molecule has 0 amide bonds. The summed E-state index contributed by atoms with van der Waals surface area (Å²) in [6.45, 7) is 7.08. The van der Waals surface area contributed by atoms with Crippen LogP contribution >= 0.6 is 0 Å². The fourth-order valence-corrected chi connectivity index (χ4v) is 3.29. The predicted molar refractivity (Wildman–Crippen MR) is 81.4 cm³/mol. The van der Waals surface area contributed by atoms with E-state index in [0.717, 1.165) is 19.1 Å². The van der Waals surface area contributed by atoms with Gasteiger partial charge in [0, 0.05) is 57.7 Å². The van der Waals surface area contributed by atoms with Crippen molar-refractivity contribution in [3.63, 3.8) is 0 Å². The van der Waals surface area contributed by atoms with Crippen LogP contribution in [0.1, 0.15) is 12.8 Å². The molecule has 3 aliphatic rings. The number of nitrogens with zero attached hydrogens (tertiary/aromatic N) is 4. The standard InChI is InChI=1S/C14H26N6/c1-18-6-8-19(9-7-18)13-2-4-20(5-3-13)14-16-10-12(15)11-17-14/h10-11,13-14,16H,2-9,15H2,1H3. The van der Waals surface area contributed by atoms with Crippen LogP contribution in [0.2, 0.25) is 0 Å². The lowest BCUT2D eigenvalue weighted by Crippen LogP contribution is -2.55. The summed E-state index contributed by atoms with van der Waals surface area (Å²) in [4.78, 5) is 12.0. The summed E-state index contributed by atoms with van der Waals surface area (Å²) in [7, 11) is 2.21. The van der Waals surface area contributed by atoms with E-state index >= 15 is 0 Å². The van der Waals surface area contributed by atoms with Gasteiger partial charge in [0.2, 0.25) is 0 Å². The van der Waals surface area contributed by atoms with Gasteiger partial charge in [0.25, 0.3) is 0 Å². The molecular formula is C14H26N6. The zero-order valence-electron chi connectivity index (χ0n) is 12.3. The molecule has 0 aromatic carbocycles. The monoisotopic (exact) mass is 278 g/mol. The lowest BCUT2D eigenvalue weighted by Gasteiger charge is -2.43. The summed E-state index contributed by atoms with van der Waals surface area (Å²) < 4.78 is 0. The maximum Gasteiger partial charge on any atom is 0.175 e. The van der Waals surface area contributed by atoms with Gasteiger partial charge in [-0.2, -0.15) is 0 Å². The number of hydrogen-bond donors (Lipinski definition) is 2. The first-order valence-electron chi connectivity index (χ1n) is 7.64. The molecule has 0 aromatic heterocycles. The van der Waals surface area contributed by atoms with Gasteiger partial charge in [0.1, 0.15) is 0 Å². The number of piperidine rings is 1. The highest BCUT2D eigenvalue weighted by Crippen LogP contribution is 2.19. The van der Waals surface area contributed by atoms with Gasteiger partial charge in [-0.25, -0.2) is 0 Å². The van der Waals surface area contributed by atoms with Crippen LogP contribution in [-0.2, 0) is 0 Å². The fraction of sp³-hybridized carbons (Fsp3) is 0.786. The summed E-state index contributed by atoms with van der Waals surface area (Å²) in [6, 6.07) is 0.758. The van der Waals surface area contributed by atoms with Gasteiger partial charge in [-0.1, -0.05) is 0 Å². The molecule has 1 unspecified atom stereocenters. The Morgan fingerprint density at radius 2 is 1.80 bits per heavy atom. The lowest BCUT2D eigenvalue weighted by atomic mass is 10.0. The van der Waals surface area contributed by atoms with Gasteiger partial charge >= 0.3 is 0 Å². The second-order valence-corrected chi connectivity index (χ2v) is 6.07. The topological polar surface area (TPSA) is 60.1 Å². The van der Waals surface area contributed by atoms with Crippen molar-refractivity contribution in [3.05, 3.63) is 11.9 Å². The molecule has 6 nitrogen and oxygen atoms in total. The van der Waals surface area contributed by atoms with Crippen LogP contribution in [-0.4, -0.2) is 79.6 Å². The highest BCUT2D eigenvalue weighted by Gasteiger charge is 2.29. The van der Waals surface area contributed by atoms with E-state index in [1.165, 1.54) is 39.0 Å². The van der Waals surface area contributed by atoms with Crippen LogP contribution < -0.4 is 11.1 Å². The molecule has 0 saturated carbocycles. The molecule has 0 radical (unpaired) electrons. The van der Waals surface area contributed by atoms with Crippen LogP contribution in [0.25, 0.3) is 0 Å². The third kappa shape index (κ3) is 3.13. The summed E-state index contributed by atoms with van der Waals surface area (Å²) >= 11 is 0. The third-order valence-electron chi connectivity index (χ3n) is 4.66. The minimum Gasteiger partial charge on any atom is -0.396 e. The highest BCUT2D eigenvalue weighted by molar-refractivity contribution is 5.77. The maximum absolute atomic E-state index is 5.68. The molecule has 1 atom stereocenters. The van der Waals surface area contributed by atoms with Crippen molar-refractivity contribution < 1.29 is 0 Å². The molecule has 3 heterocycles. The molecule has 112 valence electrons. The molecule has 2 saturated heterocycles. The Kier molecular flexibility index (Phi) is 4.24. The largest absolute Gasteiger partial charge is 0.396 e. The Balaban J connectivity index is 1.46. The van der Waals surface area contributed by atoms with Gasteiger partial charge in [-0.05, 0) is 19.9 Å². The zero-order valence-corrected chi connectivity index (χ0v) is 12.3. The first-order chi connectivity index (χ1) is 9.72. The smallest absolute Gasteiger partial charge is 0.175 e. The second kappa shape index (κ2) is 6.11. The predicted octanol–water partition coefficient (Wildman–Crippen LogP) is -0.544. The summed E-state index contributed by atoms with van der Waals surface area (Å²) in [5.41, 5.74) is 6.38. The number of likely N-dealkylation sites (N-methyl/N-ethyl adjacent to an activating group) is 1. The molecule has 6 heteroatoms. The van der Waals surface area contributed by atoms with E-state index in [2.05, 4.69) is 32.1 Å². The van der Waals surface area contributed by atoms with Crippen LogP contribution in [0.3, 0.4) is 0 Å². The quantitative estimate of drug-likeness (QED) is 0.710. The van der Waals surface area contributed by atoms with Crippen molar-refractivity contribution in [1.29, 1.82) is 0 Å². The fourth-order valence-electron chi connectivity index (χ4n) is 3.29. The molecule has 0 aliphatic carbocycles. The van der Waals surface area contributed by atoms with Gasteiger partial charge < -0.3 is 16.0 Å². The average molecular weight is 278 g/mol. The first-order valence-corrected chi connectivity index (χ1v) is 7.64. The number of rotatable bonds is 2. The van der Waals surface area contributed by atoms with Crippen molar-refractivity contribution in [3.8, 4) is 0 Å². The highest BCUT2D eigenvalue weighted by atomic mass is 15.4. The van der Waals surface area contributed by atoms with E-state index in [4.69, 9.17) is 5.73 Å². The molecule has 20 heavy (non-hydrogen) atoms. The van der Waals surface area contributed by atoms with Crippen LogP contribution in [0.15, 0.2) is 16.9 Å². The van der Waals surface area contributed by atoms with Crippen LogP contribution in [0.5, 0.6) is 0 Å². The molecule has 0 bridgehead atoms. The van der Waals surface area contributed by atoms with Gasteiger partial charge in [-0.3, -0.25) is 14.8 Å². The second-order valence-electron chi connectivity index (χ2n) is 6.07. The van der Waals surface area contributed by atoms with Crippen molar-refractivity contribution in [2.24, 2.45) is 10.7 Å². The Labute approximate surface area is 121 Å². The number of aliphatic imine (C=N–C) groups is 1. The SMILES string of the molecule is CN1CCN(C2CCN(C3N=CC(N)=CN3)CC2)CC1. The molecular weight excluding hydrogens is 252 g/mol. The number of hydrogen-bond acceptors (Lipinski definition) is 6. The Hall–Kier alpha value is -1.11. The van der Waals surface area contributed by atoms with E-state index in [1.807, 2.05) is 6.20 Å². The zero-order chi connectivity index (χ0) is 13.9. The molecule has 3 rings (SSSR count). The number of nitrogens with two attached hydrogens (primary N) is 1. The normalized spacial score (nSPS) is 31.1. The molecule has 3 aliphatic heterocycles.